The Hall–Kier alpha value is -7.80. The fourth-order valence-electron chi connectivity index (χ4n) is 8.97. The van der Waals surface area contributed by atoms with Crippen LogP contribution in [0.25, 0.3) is 60.8 Å². The number of hydrogen-bond donors (Lipinski definition) is 1. The molecule has 2 N–H and O–H groups in total. The van der Waals surface area contributed by atoms with Gasteiger partial charge in [0, 0.05) is 84.1 Å². The molecule has 10 aromatic rings. The zero-order valence-corrected chi connectivity index (χ0v) is 34.5. The first-order valence-electron chi connectivity index (χ1n) is 21.0. The number of anilines is 2. The summed E-state index contributed by atoms with van der Waals surface area (Å²) in [6.45, 7) is 2.66. The first-order chi connectivity index (χ1) is 31.1. The lowest BCUT2D eigenvalue weighted by atomic mass is 9.91. The highest BCUT2D eigenvalue weighted by atomic mass is 16.7. The SMILES string of the molecule is CCCN=C(c1cc(C(OC)Oc2ccccc2)c2oc3c(-n4c5ccncc5c5ccncc54)c(-c4ccccc4)cnc3c2n1)C1c2cnccc2N(c2ccccc2)C1N. The van der Waals surface area contributed by atoms with Crippen LogP contribution in [-0.2, 0) is 4.74 Å². The van der Waals surface area contributed by atoms with Crippen LogP contribution >= 0.6 is 0 Å². The Balaban J connectivity index is 1.21. The van der Waals surface area contributed by atoms with Crippen molar-refractivity contribution in [1.82, 2.24) is 29.5 Å². The average molecular weight is 828 g/mol. The van der Waals surface area contributed by atoms with Crippen LogP contribution in [0.1, 0.15) is 42.4 Å². The molecule has 12 heteroatoms. The van der Waals surface area contributed by atoms with Gasteiger partial charge in [-0.1, -0.05) is 73.7 Å². The van der Waals surface area contributed by atoms with Crippen molar-refractivity contribution in [3.05, 3.63) is 175 Å². The number of nitrogens with two attached hydrogens (primary N) is 1. The van der Waals surface area contributed by atoms with Crippen molar-refractivity contribution in [2.75, 3.05) is 18.6 Å². The van der Waals surface area contributed by atoms with E-state index in [1.807, 2.05) is 116 Å². The van der Waals surface area contributed by atoms with E-state index in [0.29, 0.717) is 51.5 Å². The molecule has 1 aliphatic heterocycles. The summed E-state index contributed by atoms with van der Waals surface area (Å²) in [5.74, 6) is 0.221. The Morgan fingerprint density at radius 1 is 0.778 bits per heavy atom. The zero-order chi connectivity index (χ0) is 42.4. The van der Waals surface area contributed by atoms with Gasteiger partial charge in [-0.15, -0.1) is 0 Å². The minimum atomic E-state index is -0.919. The van der Waals surface area contributed by atoms with Gasteiger partial charge in [0.1, 0.15) is 22.5 Å². The molecule has 0 fully saturated rings. The molecule has 7 aromatic heterocycles. The standard InChI is InChI=1S/C51H41N9O3/c1-3-22-56-44(43-38-28-54-25-21-41(38)59(50(43)52)32-15-9-5-10-16-32)39-26-35(51(61-2)62-33-17-11-6-12-18-33)48-46(58-39)45-49(63-48)47(36(29-57-45)31-13-7-4-8-14-31)60-40-20-24-53-27-37(40)34-19-23-55-30-42(34)60/h4-21,23-30,43,50-51H,3,22,52H2,1-2H3. The van der Waals surface area contributed by atoms with Gasteiger partial charge in [-0.05, 0) is 60.5 Å². The number of ether oxygens (including phenoxy) is 2. The molecule has 0 bridgehead atoms. The molecule has 0 amide bonds. The van der Waals surface area contributed by atoms with E-state index in [1.54, 1.807) is 25.7 Å². The molecule has 0 saturated carbocycles. The highest BCUT2D eigenvalue weighted by molar-refractivity contribution is 6.14. The number of fused-ring (bicyclic) bond motifs is 7. The Morgan fingerprint density at radius 2 is 1.51 bits per heavy atom. The summed E-state index contributed by atoms with van der Waals surface area (Å²) >= 11 is 0. The molecule has 11 rings (SSSR count). The highest BCUT2D eigenvalue weighted by Gasteiger charge is 2.42. The van der Waals surface area contributed by atoms with Crippen LogP contribution in [0.2, 0.25) is 0 Å². The van der Waals surface area contributed by atoms with E-state index < -0.39 is 18.4 Å². The molecule has 0 saturated heterocycles. The number of furan rings is 1. The van der Waals surface area contributed by atoms with Gasteiger partial charge in [0.05, 0.1) is 46.3 Å². The van der Waals surface area contributed by atoms with Crippen LogP contribution in [0.5, 0.6) is 5.75 Å². The number of pyridine rings is 5. The molecule has 308 valence electrons. The van der Waals surface area contributed by atoms with Crippen LogP contribution in [0, 0.1) is 0 Å². The monoisotopic (exact) mass is 827 g/mol. The Kier molecular flexibility index (Phi) is 9.63. The van der Waals surface area contributed by atoms with E-state index in [4.69, 9.17) is 34.6 Å². The summed E-state index contributed by atoms with van der Waals surface area (Å²) in [6.07, 6.45) is 12.3. The fourth-order valence-corrected chi connectivity index (χ4v) is 8.97. The summed E-state index contributed by atoms with van der Waals surface area (Å²) in [5, 5.41) is 1.99. The predicted molar refractivity (Wildman–Crippen MR) is 247 cm³/mol. The predicted octanol–water partition coefficient (Wildman–Crippen LogP) is 10.5. The molecule has 0 spiro atoms. The number of methoxy groups -OCH3 is 1. The third-order valence-corrected chi connectivity index (χ3v) is 11.7. The molecule has 0 aliphatic carbocycles. The van der Waals surface area contributed by atoms with Crippen molar-refractivity contribution in [1.29, 1.82) is 0 Å². The molecule has 3 aromatic carbocycles. The molecule has 1 aliphatic rings. The first kappa shape index (κ1) is 38.1. The van der Waals surface area contributed by atoms with E-state index in [-0.39, 0.29) is 0 Å². The number of nitrogens with zero attached hydrogens (tertiary/aromatic N) is 8. The molecule has 3 unspecified atom stereocenters. The van der Waals surface area contributed by atoms with Crippen LogP contribution in [0.15, 0.2) is 168 Å². The van der Waals surface area contributed by atoms with Gasteiger partial charge >= 0.3 is 0 Å². The maximum Gasteiger partial charge on any atom is 0.230 e. The van der Waals surface area contributed by atoms with Crippen molar-refractivity contribution >= 4 is 61.1 Å². The Labute approximate surface area is 362 Å². The van der Waals surface area contributed by atoms with Gasteiger partial charge < -0.3 is 29.1 Å². The summed E-state index contributed by atoms with van der Waals surface area (Å²) in [5.41, 5.74) is 18.7. The topological polar surface area (TPSA) is 143 Å². The number of aromatic nitrogens is 6. The largest absolute Gasteiger partial charge is 0.460 e. The summed E-state index contributed by atoms with van der Waals surface area (Å²) < 4.78 is 22.2. The van der Waals surface area contributed by atoms with Gasteiger partial charge in [0.15, 0.2) is 11.2 Å². The Morgan fingerprint density at radius 3 is 2.30 bits per heavy atom. The van der Waals surface area contributed by atoms with E-state index in [2.05, 4.69) is 55.6 Å². The van der Waals surface area contributed by atoms with Crippen molar-refractivity contribution in [2.45, 2.75) is 31.7 Å². The normalized spacial score (nSPS) is 15.7. The van der Waals surface area contributed by atoms with Gasteiger partial charge in [0.25, 0.3) is 0 Å². The number of para-hydroxylation sites is 2. The number of benzene rings is 3. The summed E-state index contributed by atoms with van der Waals surface area (Å²) in [4.78, 5) is 31.8. The second-order valence-corrected chi connectivity index (χ2v) is 15.4. The first-order valence-corrected chi connectivity index (χ1v) is 21.0. The van der Waals surface area contributed by atoms with Crippen LogP contribution in [0.4, 0.5) is 11.4 Å². The number of rotatable bonds is 11. The maximum absolute atomic E-state index is 7.36. The van der Waals surface area contributed by atoms with E-state index in [9.17, 15) is 0 Å². The molecule has 0 radical (unpaired) electrons. The molecular formula is C51H41N9O3. The van der Waals surface area contributed by atoms with E-state index in [1.165, 1.54) is 0 Å². The number of aliphatic imine (C=N–C) groups is 1. The lowest BCUT2D eigenvalue weighted by Crippen LogP contribution is -2.41. The van der Waals surface area contributed by atoms with E-state index in [0.717, 1.165) is 62.0 Å². The van der Waals surface area contributed by atoms with E-state index >= 15 is 0 Å². The third kappa shape index (κ3) is 6.38. The maximum atomic E-state index is 7.36. The molecule has 12 nitrogen and oxygen atoms in total. The Bertz CT molecular complexity index is 3260. The lowest BCUT2D eigenvalue weighted by molar-refractivity contribution is -0.0557. The van der Waals surface area contributed by atoms with Gasteiger partial charge in [-0.2, -0.15) is 0 Å². The second kappa shape index (κ2) is 15.9. The van der Waals surface area contributed by atoms with Crippen LogP contribution in [-0.4, -0.2) is 55.0 Å². The average Bonchev–Trinajstić information content (AvgIpc) is 3.98. The lowest BCUT2D eigenvalue weighted by Gasteiger charge is -2.28. The van der Waals surface area contributed by atoms with Gasteiger partial charge in [-0.3, -0.25) is 19.9 Å². The fraction of sp³-hybridized carbons (Fsp3) is 0.137. The van der Waals surface area contributed by atoms with Crippen molar-refractivity contribution in [3.63, 3.8) is 0 Å². The molecule has 3 atom stereocenters. The summed E-state index contributed by atoms with van der Waals surface area (Å²) in [7, 11) is 1.62. The van der Waals surface area contributed by atoms with Crippen molar-refractivity contribution in [2.24, 2.45) is 10.7 Å². The van der Waals surface area contributed by atoms with Crippen LogP contribution in [0.3, 0.4) is 0 Å². The van der Waals surface area contributed by atoms with Crippen LogP contribution < -0.4 is 15.4 Å². The second-order valence-electron chi connectivity index (χ2n) is 15.4. The van der Waals surface area contributed by atoms with Gasteiger partial charge in [0.2, 0.25) is 6.29 Å². The smallest absolute Gasteiger partial charge is 0.230 e. The molecular weight excluding hydrogens is 787 g/mol. The molecule has 63 heavy (non-hydrogen) atoms. The summed E-state index contributed by atoms with van der Waals surface area (Å²) in [6, 6.07) is 38.0. The van der Waals surface area contributed by atoms with Gasteiger partial charge in [-0.25, -0.2) is 9.97 Å². The minimum Gasteiger partial charge on any atom is -0.460 e. The minimum absolute atomic E-state index is 0.403. The van der Waals surface area contributed by atoms with Crippen molar-refractivity contribution in [3.8, 4) is 22.6 Å². The highest BCUT2D eigenvalue weighted by Crippen LogP contribution is 2.47. The molecule has 8 heterocycles. The number of hydrogen-bond acceptors (Lipinski definition) is 11. The third-order valence-electron chi connectivity index (χ3n) is 11.7. The zero-order valence-electron chi connectivity index (χ0n) is 34.5. The van der Waals surface area contributed by atoms with Crippen molar-refractivity contribution < 1.29 is 13.9 Å². The quantitative estimate of drug-likeness (QED) is 0.0989.